The molecule has 3 nitrogen and oxygen atoms in total. The quantitative estimate of drug-likeness (QED) is 0.596. The highest BCUT2D eigenvalue weighted by Gasteiger charge is 2.06. The predicted molar refractivity (Wildman–Crippen MR) is 60.6 cm³/mol. The highest BCUT2D eigenvalue weighted by molar-refractivity contribution is 5.87. The maximum absolute atomic E-state index is 10.8. The third kappa shape index (κ3) is 1.75. The standard InChI is InChI=1S/C13H10O3/c14-8-10-3-1-2-4-11(10)9-5-6-12(15)13(16)7-9/h1-8,15-16H. The highest BCUT2D eigenvalue weighted by atomic mass is 16.3. The summed E-state index contributed by atoms with van der Waals surface area (Å²) in [5.41, 5.74) is 1.97. The van der Waals surface area contributed by atoms with Crippen LogP contribution in [-0.4, -0.2) is 16.5 Å². The molecule has 0 aliphatic rings. The lowest BCUT2D eigenvalue weighted by molar-refractivity contribution is 0.112. The molecule has 0 aliphatic heterocycles. The Morgan fingerprint density at radius 2 is 1.69 bits per heavy atom. The minimum Gasteiger partial charge on any atom is -0.504 e. The minimum atomic E-state index is -0.196. The van der Waals surface area contributed by atoms with Crippen LogP contribution in [-0.2, 0) is 0 Å². The molecule has 0 unspecified atom stereocenters. The topological polar surface area (TPSA) is 57.5 Å². The van der Waals surface area contributed by atoms with Gasteiger partial charge >= 0.3 is 0 Å². The van der Waals surface area contributed by atoms with Crippen LogP contribution in [0.15, 0.2) is 42.5 Å². The van der Waals surface area contributed by atoms with E-state index >= 15 is 0 Å². The van der Waals surface area contributed by atoms with E-state index in [1.165, 1.54) is 12.1 Å². The number of rotatable bonds is 2. The first-order valence-electron chi connectivity index (χ1n) is 4.79. The summed E-state index contributed by atoms with van der Waals surface area (Å²) in [4.78, 5) is 10.8. The van der Waals surface area contributed by atoms with Crippen LogP contribution in [0.3, 0.4) is 0 Å². The Bertz CT molecular complexity index is 532. The van der Waals surface area contributed by atoms with E-state index < -0.39 is 0 Å². The molecule has 0 atom stereocenters. The first-order valence-corrected chi connectivity index (χ1v) is 4.79. The van der Waals surface area contributed by atoms with E-state index in [1.54, 1.807) is 24.3 Å². The van der Waals surface area contributed by atoms with Gasteiger partial charge in [-0.25, -0.2) is 0 Å². The van der Waals surface area contributed by atoms with Crippen molar-refractivity contribution in [2.75, 3.05) is 0 Å². The predicted octanol–water partition coefficient (Wildman–Crippen LogP) is 2.58. The van der Waals surface area contributed by atoms with Gasteiger partial charge in [-0.1, -0.05) is 30.3 Å². The van der Waals surface area contributed by atoms with Gasteiger partial charge in [0.2, 0.25) is 0 Å². The molecule has 0 aromatic heterocycles. The Hall–Kier alpha value is -2.29. The second-order valence-electron chi connectivity index (χ2n) is 3.41. The first-order chi connectivity index (χ1) is 7.72. The van der Waals surface area contributed by atoms with Crippen LogP contribution in [0.5, 0.6) is 11.5 Å². The number of hydrogen-bond acceptors (Lipinski definition) is 3. The molecular formula is C13H10O3. The van der Waals surface area contributed by atoms with Crippen LogP contribution in [0.25, 0.3) is 11.1 Å². The molecule has 0 fully saturated rings. The largest absolute Gasteiger partial charge is 0.504 e. The molecule has 0 saturated heterocycles. The third-order valence-electron chi connectivity index (χ3n) is 2.37. The fourth-order valence-corrected chi connectivity index (χ4v) is 1.55. The fraction of sp³-hybridized carbons (Fsp3) is 0. The van der Waals surface area contributed by atoms with Crippen LogP contribution < -0.4 is 0 Å². The number of carbonyl (C=O) groups excluding carboxylic acids is 1. The molecule has 3 heteroatoms. The zero-order valence-electron chi connectivity index (χ0n) is 8.42. The normalized spacial score (nSPS) is 10.0. The van der Waals surface area contributed by atoms with Crippen molar-refractivity contribution in [2.24, 2.45) is 0 Å². The van der Waals surface area contributed by atoms with Gasteiger partial charge in [0.25, 0.3) is 0 Å². The summed E-state index contributed by atoms with van der Waals surface area (Å²) < 4.78 is 0. The van der Waals surface area contributed by atoms with E-state index in [1.807, 2.05) is 6.07 Å². The number of aromatic hydroxyl groups is 2. The number of hydrogen-bond donors (Lipinski definition) is 2. The lowest BCUT2D eigenvalue weighted by atomic mass is 10.0. The van der Waals surface area contributed by atoms with Gasteiger partial charge in [0, 0.05) is 5.56 Å². The van der Waals surface area contributed by atoms with Crippen LogP contribution in [0, 0.1) is 0 Å². The van der Waals surface area contributed by atoms with E-state index in [9.17, 15) is 15.0 Å². The number of aldehydes is 1. The van der Waals surface area contributed by atoms with E-state index in [2.05, 4.69) is 0 Å². The Morgan fingerprint density at radius 1 is 0.938 bits per heavy atom. The van der Waals surface area contributed by atoms with Crippen molar-refractivity contribution in [3.8, 4) is 22.6 Å². The molecule has 2 aromatic rings. The zero-order chi connectivity index (χ0) is 11.5. The second kappa shape index (κ2) is 4.06. The van der Waals surface area contributed by atoms with Gasteiger partial charge in [-0.05, 0) is 23.3 Å². The van der Waals surface area contributed by atoms with Crippen molar-refractivity contribution >= 4 is 6.29 Å². The molecule has 2 N–H and O–H groups in total. The fourth-order valence-electron chi connectivity index (χ4n) is 1.55. The molecule has 0 saturated carbocycles. The lowest BCUT2D eigenvalue weighted by Crippen LogP contribution is -1.86. The number of carbonyl (C=O) groups is 1. The molecule has 0 heterocycles. The van der Waals surface area contributed by atoms with Gasteiger partial charge in [0.1, 0.15) is 0 Å². The molecule has 0 radical (unpaired) electrons. The van der Waals surface area contributed by atoms with Crippen molar-refractivity contribution in [2.45, 2.75) is 0 Å². The smallest absolute Gasteiger partial charge is 0.158 e. The number of benzene rings is 2. The molecule has 80 valence electrons. The summed E-state index contributed by atoms with van der Waals surface area (Å²) >= 11 is 0. The molecule has 2 aromatic carbocycles. The van der Waals surface area contributed by atoms with E-state index in [0.717, 1.165) is 11.8 Å². The SMILES string of the molecule is O=Cc1ccccc1-c1ccc(O)c(O)c1. The number of phenols is 2. The second-order valence-corrected chi connectivity index (χ2v) is 3.41. The van der Waals surface area contributed by atoms with Gasteiger partial charge in [0.15, 0.2) is 17.8 Å². The summed E-state index contributed by atoms with van der Waals surface area (Å²) in [6.45, 7) is 0. The van der Waals surface area contributed by atoms with Gasteiger partial charge in [-0.2, -0.15) is 0 Å². The van der Waals surface area contributed by atoms with Crippen LogP contribution in [0.1, 0.15) is 10.4 Å². The van der Waals surface area contributed by atoms with Gasteiger partial charge in [0.05, 0.1) is 0 Å². The Balaban J connectivity index is 2.58. The minimum absolute atomic E-state index is 0.174. The van der Waals surface area contributed by atoms with Crippen molar-refractivity contribution in [1.82, 2.24) is 0 Å². The average molecular weight is 214 g/mol. The maximum atomic E-state index is 10.8. The van der Waals surface area contributed by atoms with Gasteiger partial charge in [-0.3, -0.25) is 4.79 Å². The van der Waals surface area contributed by atoms with Crippen molar-refractivity contribution < 1.29 is 15.0 Å². The average Bonchev–Trinajstić information content (AvgIpc) is 2.32. The van der Waals surface area contributed by atoms with Crippen LogP contribution >= 0.6 is 0 Å². The third-order valence-corrected chi connectivity index (χ3v) is 2.37. The van der Waals surface area contributed by atoms with Crippen molar-refractivity contribution in [3.63, 3.8) is 0 Å². The van der Waals surface area contributed by atoms with E-state index in [0.29, 0.717) is 11.1 Å². The van der Waals surface area contributed by atoms with Crippen LogP contribution in [0.2, 0.25) is 0 Å². The molecule has 0 amide bonds. The van der Waals surface area contributed by atoms with E-state index in [-0.39, 0.29) is 11.5 Å². The molecule has 0 spiro atoms. The summed E-state index contributed by atoms with van der Waals surface area (Å²) in [5, 5.41) is 18.6. The Kier molecular flexibility index (Phi) is 2.60. The maximum Gasteiger partial charge on any atom is 0.158 e. The molecule has 2 rings (SSSR count). The van der Waals surface area contributed by atoms with Gasteiger partial charge < -0.3 is 10.2 Å². The summed E-state index contributed by atoms with van der Waals surface area (Å²) in [6.07, 6.45) is 0.763. The molecule has 0 aliphatic carbocycles. The van der Waals surface area contributed by atoms with E-state index in [4.69, 9.17) is 0 Å². The number of phenolic OH excluding ortho intramolecular Hbond substituents is 2. The first kappa shape index (κ1) is 10.2. The molecular weight excluding hydrogens is 204 g/mol. The van der Waals surface area contributed by atoms with Gasteiger partial charge in [-0.15, -0.1) is 0 Å². The van der Waals surface area contributed by atoms with Crippen molar-refractivity contribution in [3.05, 3.63) is 48.0 Å². The summed E-state index contributed by atoms with van der Waals surface area (Å²) in [7, 11) is 0. The zero-order valence-corrected chi connectivity index (χ0v) is 8.42. The summed E-state index contributed by atoms with van der Waals surface area (Å²) in [6, 6.07) is 11.5. The summed E-state index contributed by atoms with van der Waals surface area (Å²) in [5.74, 6) is -0.370. The highest BCUT2D eigenvalue weighted by Crippen LogP contribution is 2.31. The monoisotopic (exact) mass is 214 g/mol. The lowest BCUT2D eigenvalue weighted by Gasteiger charge is -2.06. The molecule has 0 bridgehead atoms. The Labute approximate surface area is 92.6 Å². The van der Waals surface area contributed by atoms with Crippen LogP contribution in [0.4, 0.5) is 0 Å². The Morgan fingerprint density at radius 3 is 2.38 bits per heavy atom. The van der Waals surface area contributed by atoms with Crippen molar-refractivity contribution in [1.29, 1.82) is 0 Å². The molecule has 16 heavy (non-hydrogen) atoms.